The van der Waals surface area contributed by atoms with Crippen molar-refractivity contribution in [1.29, 1.82) is 0 Å². The highest BCUT2D eigenvalue weighted by Crippen LogP contribution is 1.90. The fraction of sp³-hybridized carbons (Fsp3) is 0.400. The average Bonchev–Trinajstić information content (AvgIpc) is 1.88. The summed E-state index contributed by atoms with van der Waals surface area (Å²) in [6.45, 7) is 1.59. The van der Waals surface area contributed by atoms with Crippen molar-refractivity contribution in [3.63, 3.8) is 0 Å². The molecule has 0 aliphatic rings. The Bertz CT molecular complexity index is 159. The minimum Gasteiger partial charge on any atom is -0.400 e. The average molecular weight is 144 g/mol. The lowest BCUT2D eigenvalue weighted by atomic mass is 10.3. The van der Waals surface area contributed by atoms with E-state index in [1.165, 1.54) is 7.05 Å². The largest absolute Gasteiger partial charge is 0.400 e. The second kappa shape index (κ2) is 3.73. The molecular formula is C5H12N4O. The molecule has 0 spiro atoms. The molecule has 0 aromatic rings. The van der Waals surface area contributed by atoms with Gasteiger partial charge in [-0.2, -0.15) is 0 Å². The van der Waals surface area contributed by atoms with Gasteiger partial charge in [0.05, 0.1) is 0 Å². The van der Waals surface area contributed by atoms with Gasteiger partial charge in [0.15, 0.2) is 0 Å². The Balaban J connectivity index is 4.37. The highest BCUT2D eigenvalue weighted by molar-refractivity contribution is 5.92. The van der Waals surface area contributed by atoms with E-state index < -0.39 is 0 Å². The van der Waals surface area contributed by atoms with Crippen molar-refractivity contribution in [3.05, 3.63) is 11.4 Å². The summed E-state index contributed by atoms with van der Waals surface area (Å²) in [7, 11) is 1.50. The summed E-state index contributed by atoms with van der Waals surface area (Å²) in [4.78, 5) is 10.8. The van der Waals surface area contributed by atoms with Crippen LogP contribution in [-0.2, 0) is 4.79 Å². The Morgan fingerprint density at radius 1 is 1.50 bits per heavy atom. The molecule has 6 N–H and O–H groups in total. The molecule has 1 amide bonds. The van der Waals surface area contributed by atoms with E-state index in [0.717, 1.165) is 0 Å². The van der Waals surface area contributed by atoms with Crippen molar-refractivity contribution < 1.29 is 4.79 Å². The van der Waals surface area contributed by atoms with E-state index in [0.29, 0.717) is 5.70 Å². The Hall–Kier alpha value is -1.23. The SMILES string of the molecule is CNC(=O)/C(NN)=C(\C)N. The lowest BCUT2D eigenvalue weighted by molar-refractivity contribution is -0.117. The molecule has 0 unspecified atom stereocenters. The quantitative estimate of drug-likeness (QED) is 0.213. The third kappa shape index (κ3) is 1.94. The Morgan fingerprint density at radius 3 is 2.10 bits per heavy atom. The first-order valence-corrected chi connectivity index (χ1v) is 2.78. The van der Waals surface area contributed by atoms with Crippen molar-refractivity contribution >= 4 is 5.91 Å². The highest BCUT2D eigenvalue weighted by Gasteiger charge is 2.06. The summed E-state index contributed by atoms with van der Waals surface area (Å²) in [6, 6.07) is 0. The molecule has 0 rings (SSSR count). The Morgan fingerprint density at radius 2 is 2.00 bits per heavy atom. The number of hydrazine groups is 1. The monoisotopic (exact) mass is 144 g/mol. The maximum atomic E-state index is 10.8. The van der Waals surface area contributed by atoms with E-state index in [1.807, 2.05) is 0 Å². The van der Waals surface area contributed by atoms with Crippen molar-refractivity contribution in [2.45, 2.75) is 6.92 Å². The van der Waals surface area contributed by atoms with Gasteiger partial charge < -0.3 is 16.5 Å². The normalized spacial score (nSPS) is 11.9. The van der Waals surface area contributed by atoms with E-state index in [-0.39, 0.29) is 11.6 Å². The molecule has 10 heavy (non-hydrogen) atoms. The lowest BCUT2D eigenvalue weighted by Gasteiger charge is -2.05. The van der Waals surface area contributed by atoms with Gasteiger partial charge in [-0.1, -0.05) is 0 Å². The highest BCUT2D eigenvalue weighted by atomic mass is 16.2. The first kappa shape index (κ1) is 8.77. The number of amides is 1. The molecule has 0 aliphatic carbocycles. The second-order valence-electron chi connectivity index (χ2n) is 1.78. The maximum Gasteiger partial charge on any atom is 0.270 e. The molecule has 5 nitrogen and oxygen atoms in total. The smallest absolute Gasteiger partial charge is 0.270 e. The van der Waals surface area contributed by atoms with Crippen LogP contribution in [0.25, 0.3) is 0 Å². The molecule has 0 aromatic carbocycles. The zero-order valence-electron chi connectivity index (χ0n) is 6.06. The molecule has 0 saturated carbocycles. The summed E-state index contributed by atoms with van der Waals surface area (Å²) in [6.07, 6.45) is 0. The molecule has 5 heteroatoms. The summed E-state index contributed by atoms with van der Waals surface area (Å²) >= 11 is 0. The standard InChI is InChI=1S/C5H12N4O/c1-3(6)4(9-7)5(10)8-2/h9H,6-7H2,1-2H3,(H,8,10)/b4-3-. The van der Waals surface area contributed by atoms with Crippen molar-refractivity contribution in [3.8, 4) is 0 Å². The summed E-state index contributed by atoms with van der Waals surface area (Å²) in [5.41, 5.74) is 8.05. The zero-order chi connectivity index (χ0) is 8.15. The first-order chi connectivity index (χ1) is 4.63. The van der Waals surface area contributed by atoms with Crippen LogP contribution < -0.4 is 22.3 Å². The number of nitrogens with two attached hydrogens (primary N) is 2. The van der Waals surface area contributed by atoms with Crippen LogP contribution in [0.15, 0.2) is 11.4 Å². The Labute approximate surface area is 59.4 Å². The van der Waals surface area contributed by atoms with Gasteiger partial charge in [-0.3, -0.25) is 10.6 Å². The van der Waals surface area contributed by atoms with Gasteiger partial charge in [0.2, 0.25) is 0 Å². The van der Waals surface area contributed by atoms with Gasteiger partial charge in [-0.15, -0.1) is 0 Å². The lowest BCUT2D eigenvalue weighted by Crippen LogP contribution is -2.35. The van der Waals surface area contributed by atoms with Crippen LogP contribution in [-0.4, -0.2) is 13.0 Å². The van der Waals surface area contributed by atoms with E-state index >= 15 is 0 Å². The minimum atomic E-state index is -0.317. The van der Waals surface area contributed by atoms with Crippen molar-refractivity contribution in [2.75, 3.05) is 7.05 Å². The number of allylic oxidation sites excluding steroid dienone is 1. The molecule has 0 radical (unpaired) electrons. The molecule has 0 aromatic heterocycles. The zero-order valence-corrected chi connectivity index (χ0v) is 6.06. The number of rotatable bonds is 2. The van der Waals surface area contributed by atoms with E-state index in [1.54, 1.807) is 6.92 Å². The molecule has 0 aliphatic heterocycles. The van der Waals surface area contributed by atoms with Crippen LogP contribution in [0.3, 0.4) is 0 Å². The van der Waals surface area contributed by atoms with Crippen LogP contribution >= 0.6 is 0 Å². The maximum absolute atomic E-state index is 10.8. The predicted octanol–water partition coefficient (Wildman–Crippen LogP) is -1.61. The van der Waals surface area contributed by atoms with Gasteiger partial charge in [0.1, 0.15) is 5.70 Å². The number of hydrogen-bond acceptors (Lipinski definition) is 4. The van der Waals surface area contributed by atoms with E-state index in [2.05, 4.69) is 10.7 Å². The van der Waals surface area contributed by atoms with Gasteiger partial charge in [-0.25, -0.2) is 0 Å². The van der Waals surface area contributed by atoms with E-state index in [9.17, 15) is 4.79 Å². The molecule has 0 saturated heterocycles. The third-order valence-electron chi connectivity index (χ3n) is 0.993. The topological polar surface area (TPSA) is 93.2 Å². The van der Waals surface area contributed by atoms with Gasteiger partial charge in [0.25, 0.3) is 5.91 Å². The molecule has 0 fully saturated rings. The van der Waals surface area contributed by atoms with Crippen molar-refractivity contribution in [2.24, 2.45) is 11.6 Å². The van der Waals surface area contributed by atoms with Gasteiger partial charge in [0, 0.05) is 12.7 Å². The molecule has 0 bridgehead atoms. The molecular weight excluding hydrogens is 132 g/mol. The number of carbonyl (C=O) groups is 1. The van der Waals surface area contributed by atoms with Crippen LogP contribution in [0, 0.1) is 0 Å². The number of nitrogens with one attached hydrogen (secondary N) is 2. The first-order valence-electron chi connectivity index (χ1n) is 2.78. The summed E-state index contributed by atoms with van der Waals surface area (Å²) < 4.78 is 0. The minimum absolute atomic E-state index is 0.197. The van der Waals surface area contributed by atoms with Crippen LogP contribution in [0.5, 0.6) is 0 Å². The second-order valence-corrected chi connectivity index (χ2v) is 1.78. The van der Waals surface area contributed by atoms with Crippen LogP contribution in [0.2, 0.25) is 0 Å². The fourth-order valence-electron chi connectivity index (χ4n) is 0.483. The predicted molar refractivity (Wildman–Crippen MR) is 38.3 cm³/mol. The van der Waals surface area contributed by atoms with Crippen molar-refractivity contribution in [1.82, 2.24) is 10.7 Å². The summed E-state index contributed by atoms with van der Waals surface area (Å²) in [5.74, 6) is 4.68. The van der Waals surface area contributed by atoms with Gasteiger partial charge >= 0.3 is 0 Å². The number of likely N-dealkylation sites (N-methyl/N-ethyl adjacent to an activating group) is 1. The molecule has 0 heterocycles. The number of hydrogen-bond donors (Lipinski definition) is 4. The van der Waals surface area contributed by atoms with E-state index in [4.69, 9.17) is 11.6 Å². The fourth-order valence-corrected chi connectivity index (χ4v) is 0.483. The Kier molecular flexibility index (Phi) is 3.27. The number of carbonyl (C=O) groups excluding carboxylic acids is 1. The van der Waals surface area contributed by atoms with Gasteiger partial charge in [-0.05, 0) is 6.92 Å². The third-order valence-corrected chi connectivity index (χ3v) is 0.993. The van der Waals surface area contributed by atoms with Crippen LogP contribution in [0.1, 0.15) is 6.92 Å². The molecule has 0 atom stereocenters. The molecule has 58 valence electrons. The summed E-state index contributed by atoms with van der Waals surface area (Å²) in [5, 5.41) is 2.38. The van der Waals surface area contributed by atoms with Crippen LogP contribution in [0.4, 0.5) is 0 Å².